The second kappa shape index (κ2) is 5.38. The first-order valence-corrected chi connectivity index (χ1v) is 6.55. The van der Waals surface area contributed by atoms with E-state index in [-0.39, 0.29) is 0 Å². The summed E-state index contributed by atoms with van der Waals surface area (Å²) in [7, 11) is 0. The van der Waals surface area contributed by atoms with E-state index < -0.39 is 11.6 Å². The Hall–Kier alpha value is -1.57. The van der Waals surface area contributed by atoms with E-state index >= 15 is 0 Å². The van der Waals surface area contributed by atoms with Crippen LogP contribution in [0.5, 0.6) is 0 Å². The van der Waals surface area contributed by atoms with Gasteiger partial charge in [-0.05, 0) is 34.5 Å². The van der Waals surface area contributed by atoms with Crippen LogP contribution in [0.15, 0.2) is 42.5 Å². The molecule has 1 aliphatic rings. The van der Waals surface area contributed by atoms with Gasteiger partial charge in [0.2, 0.25) is 11.6 Å². The van der Waals surface area contributed by atoms with Crippen LogP contribution in [-0.2, 0) is 24.9 Å². The van der Waals surface area contributed by atoms with Crippen LogP contribution in [0, 0.1) is 0 Å². The number of fused-ring (bicyclic) bond motifs is 2. The van der Waals surface area contributed by atoms with Crippen molar-refractivity contribution in [1.82, 2.24) is 0 Å². The van der Waals surface area contributed by atoms with Gasteiger partial charge < -0.3 is 0 Å². The molecule has 0 unspecified atom stereocenters. The van der Waals surface area contributed by atoms with Crippen LogP contribution in [0.4, 0.5) is 0 Å². The maximum absolute atomic E-state index is 11.7. The van der Waals surface area contributed by atoms with Gasteiger partial charge in [-0.25, -0.2) is 0 Å². The van der Waals surface area contributed by atoms with Gasteiger partial charge in [-0.3, -0.25) is 9.59 Å². The maximum atomic E-state index is 11.7. The fraction of sp³-hybridized carbons (Fsp3) is 0. The summed E-state index contributed by atoms with van der Waals surface area (Å²) in [5.74, 6) is -0.856. The Morgan fingerprint density at radius 3 is 2.17 bits per heavy atom. The van der Waals surface area contributed by atoms with Crippen LogP contribution in [0.2, 0.25) is 0 Å². The molecular formula is C14H10NO2Pt. The van der Waals surface area contributed by atoms with Crippen LogP contribution in [0.1, 0.15) is 15.9 Å². The molecule has 2 N–H and O–H groups in total. The molecule has 0 heterocycles. The molecule has 2 aromatic rings. The molecule has 0 radical (unpaired) electrons. The standard InChI is InChI=1S/C14H8O2.H2N.Pt/c15-13-6-5-11-7-9-3-1-2-4-10(9)8-12(11)14(13)16;;/h1-8H;1H2;/q;-1;+1. The Bertz CT molecular complexity index is 662. The number of allylic oxidation sites excluding steroid dienone is 1. The van der Waals surface area contributed by atoms with Crippen molar-refractivity contribution in [3.05, 3.63) is 53.6 Å². The zero-order valence-electron chi connectivity index (χ0n) is 9.33. The molecule has 0 aromatic heterocycles. The van der Waals surface area contributed by atoms with E-state index in [1.54, 1.807) is 32.2 Å². The molecule has 0 saturated heterocycles. The second-order valence-corrected chi connectivity index (χ2v) is 3.81. The van der Waals surface area contributed by atoms with Crippen molar-refractivity contribution in [3.63, 3.8) is 0 Å². The van der Waals surface area contributed by atoms with Gasteiger partial charge in [0.25, 0.3) is 0 Å². The van der Waals surface area contributed by atoms with Crippen molar-refractivity contribution in [1.29, 1.82) is 0 Å². The van der Waals surface area contributed by atoms with Crippen LogP contribution >= 0.6 is 0 Å². The van der Waals surface area contributed by atoms with Gasteiger partial charge in [0.15, 0.2) is 0 Å². The summed E-state index contributed by atoms with van der Waals surface area (Å²) < 4.78 is 4.47. The summed E-state index contributed by atoms with van der Waals surface area (Å²) in [4.78, 5) is 22.9. The minimum absolute atomic E-state index is 0.414. The molecule has 0 aliphatic heterocycles. The predicted octanol–water partition coefficient (Wildman–Crippen LogP) is 2.03. The molecule has 0 fully saturated rings. The van der Waals surface area contributed by atoms with E-state index in [1.807, 2.05) is 30.3 Å². The Balaban J connectivity index is 0.000000574. The van der Waals surface area contributed by atoms with Crippen molar-refractivity contribution in [2.75, 3.05) is 0 Å². The van der Waals surface area contributed by atoms with Gasteiger partial charge in [-0.2, -0.15) is 0 Å². The Labute approximate surface area is 116 Å². The number of hydrogen-bond acceptors (Lipinski definition) is 3. The van der Waals surface area contributed by atoms with Gasteiger partial charge in [0.1, 0.15) is 0 Å². The molecule has 1 aliphatic carbocycles. The van der Waals surface area contributed by atoms with Gasteiger partial charge in [0, 0.05) is 5.56 Å². The van der Waals surface area contributed by atoms with E-state index in [0.29, 0.717) is 5.56 Å². The van der Waals surface area contributed by atoms with Crippen molar-refractivity contribution >= 4 is 28.4 Å². The molecule has 93 valence electrons. The van der Waals surface area contributed by atoms with Gasteiger partial charge >= 0.3 is 24.4 Å². The van der Waals surface area contributed by atoms with Crippen molar-refractivity contribution in [3.8, 4) is 0 Å². The Morgan fingerprint density at radius 1 is 0.889 bits per heavy atom. The number of hydrogen-bond donors (Lipinski definition) is 1. The van der Waals surface area contributed by atoms with Crippen LogP contribution in [0.25, 0.3) is 16.8 Å². The predicted molar refractivity (Wildman–Crippen MR) is 66.5 cm³/mol. The van der Waals surface area contributed by atoms with Crippen molar-refractivity contribution < 1.29 is 29.7 Å². The van der Waals surface area contributed by atoms with Gasteiger partial charge in [-0.15, -0.1) is 0 Å². The number of rotatable bonds is 0. The number of carbonyl (C=O) groups excluding carboxylic acids is 2. The first kappa shape index (κ1) is 12.9. The van der Waals surface area contributed by atoms with Gasteiger partial charge in [-0.1, -0.05) is 30.3 Å². The third kappa shape index (κ3) is 2.19. The summed E-state index contributed by atoms with van der Waals surface area (Å²) in [5.41, 5.74) is 1.33. The molecule has 0 atom stereocenters. The van der Waals surface area contributed by atoms with E-state index in [9.17, 15) is 9.59 Å². The Morgan fingerprint density at radius 2 is 1.50 bits per heavy atom. The average Bonchev–Trinajstić information content (AvgIpc) is 2.44. The third-order valence-corrected chi connectivity index (χ3v) is 2.80. The molecule has 4 heteroatoms. The molecule has 0 spiro atoms. The van der Waals surface area contributed by atoms with Crippen molar-refractivity contribution in [2.45, 2.75) is 0 Å². The molecule has 3 nitrogen and oxygen atoms in total. The number of Topliss-reactive ketones (excluding diaryl/α,β-unsaturated/α-hetero) is 1. The summed E-state index contributed by atoms with van der Waals surface area (Å²) >= 11 is 1.64. The first-order chi connectivity index (χ1) is 8.75. The molecular weight excluding hydrogens is 409 g/mol. The van der Waals surface area contributed by atoms with Gasteiger partial charge in [0.05, 0.1) is 0 Å². The van der Waals surface area contributed by atoms with Crippen LogP contribution in [-0.4, -0.2) is 11.6 Å². The Kier molecular flexibility index (Phi) is 3.85. The van der Waals surface area contributed by atoms with E-state index in [2.05, 4.69) is 4.29 Å². The molecule has 3 rings (SSSR count). The summed E-state index contributed by atoms with van der Waals surface area (Å²) in [6.45, 7) is 0. The van der Waals surface area contributed by atoms with Crippen LogP contribution in [0.3, 0.4) is 0 Å². The fourth-order valence-corrected chi connectivity index (χ4v) is 1.97. The first-order valence-electron chi connectivity index (χ1n) is 5.23. The summed E-state index contributed by atoms with van der Waals surface area (Å²) in [5, 5.41) is 2.06. The zero-order chi connectivity index (χ0) is 13.1. The molecule has 0 bridgehead atoms. The normalized spacial score (nSPS) is 13.1. The SMILES string of the molecule is O=C1C=Cc2cc3ccccc3cc2C1=O.[NH2][Pt]. The number of ketones is 2. The van der Waals surface area contributed by atoms with E-state index in [1.165, 1.54) is 6.08 Å². The number of carbonyl (C=O) groups is 2. The van der Waals surface area contributed by atoms with Crippen LogP contribution < -0.4 is 4.29 Å². The number of nitrogens with two attached hydrogens (primary N) is 1. The monoisotopic (exact) mass is 419 g/mol. The topological polar surface area (TPSA) is 60.2 Å². The zero-order valence-corrected chi connectivity index (χ0v) is 11.6. The third-order valence-electron chi connectivity index (χ3n) is 2.80. The molecule has 18 heavy (non-hydrogen) atoms. The van der Waals surface area contributed by atoms with E-state index in [4.69, 9.17) is 0 Å². The number of benzene rings is 2. The molecule has 0 saturated carbocycles. The average molecular weight is 419 g/mol. The van der Waals surface area contributed by atoms with E-state index in [0.717, 1.165) is 16.3 Å². The fourth-order valence-electron chi connectivity index (χ4n) is 1.97. The molecule has 0 amide bonds. The van der Waals surface area contributed by atoms with Crippen molar-refractivity contribution in [2.24, 2.45) is 4.29 Å². The molecule has 2 aromatic carbocycles. The minimum atomic E-state index is -0.442. The second-order valence-electron chi connectivity index (χ2n) is 3.81. The summed E-state index contributed by atoms with van der Waals surface area (Å²) in [6.07, 6.45) is 3.03. The quantitative estimate of drug-likeness (QED) is 0.665. The summed E-state index contributed by atoms with van der Waals surface area (Å²) in [6, 6.07) is 11.5.